The zero-order valence-electron chi connectivity index (χ0n) is 12.4. The molecule has 0 saturated carbocycles. The molecule has 0 aliphatic carbocycles. The molecule has 2 rings (SSSR count). The van der Waals surface area contributed by atoms with Crippen molar-refractivity contribution < 1.29 is 14.0 Å². The summed E-state index contributed by atoms with van der Waals surface area (Å²) >= 11 is 1.85. The van der Waals surface area contributed by atoms with E-state index in [9.17, 15) is 14.0 Å². The van der Waals surface area contributed by atoms with Gasteiger partial charge in [-0.25, -0.2) is 4.39 Å². The molecule has 1 fully saturated rings. The van der Waals surface area contributed by atoms with Gasteiger partial charge < -0.3 is 10.2 Å². The molecule has 1 N–H and O–H groups in total. The molecule has 1 heterocycles. The van der Waals surface area contributed by atoms with Crippen molar-refractivity contribution in [2.24, 2.45) is 0 Å². The van der Waals surface area contributed by atoms with Gasteiger partial charge in [-0.2, -0.15) is 11.8 Å². The number of hydrogen-bond acceptors (Lipinski definition) is 3. The van der Waals surface area contributed by atoms with Gasteiger partial charge in [-0.1, -0.05) is 6.92 Å². The molecular formula is C15H19FN2O2S. The van der Waals surface area contributed by atoms with Gasteiger partial charge >= 0.3 is 0 Å². The largest absolute Gasteiger partial charge is 0.334 e. The van der Waals surface area contributed by atoms with E-state index in [1.54, 1.807) is 0 Å². The highest BCUT2D eigenvalue weighted by Crippen LogP contribution is 2.26. The summed E-state index contributed by atoms with van der Waals surface area (Å²) in [7, 11) is 0. The molecule has 2 atom stereocenters. The van der Waals surface area contributed by atoms with Gasteiger partial charge in [0.25, 0.3) is 5.91 Å². The first kappa shape index (κ1) is 15.8. The topological polar surface area (TPSA) is 49.4 Å². The summed E-state index contributed by atoms with van der Waals surface area (Å²) in [6.07, 6.45) is 0. The van der Waals surface area contributed by atoms with Crippen molar-refractivity contribution in [3.05, 3.63) is 29.6 Å². The zero-order valence-corrected chi connectivity index (χ0v) is 13.2. The molecule has 1 aromatic carbocycles. The fraction of sp³-hybridized carbons (Fsp3) is 0.467. The van der Waals surface area contributed by atoms with E-state index >= 15 is 0 Å². The highest BCUT2D eigenvalue weighted by Gasteiger charge is 2.29. The predicted octanol–water partition coefficient (Wildman–Crippen LogP) is 2.75. The van der Waals surface area contributed by atoms with E-state index in [1.807, 2.05) is 23.6 Å². The van der Waals surface area contributed by atoms with Crippen molar-refractivity contribution in [1.82, 2.24) is 4.90 Å². The second-order valence-corrected chi connectivity index (χ2v) is 6.68. The van der Waals surface area contributed by atoms with Crippen LogP contribution >= 0.6 is 11.8 Å². The van der Waals surface area contributed by atoms with Crippen molar-refractivity contribution in [2.45, 2.75) is 32.1 Å². The lowest BCUT2D eigenvalue weighted by molar-refractivity contribution is -0.114. The van der Waals surface area contributed by atoms with Crippen LogP contribution in [0.4, 0.5) is 10.1 Å². The first-order chi connectivity index (χ1) is 9.90. The monoisotopic (exact) mass is 310 g/mol. The van der Waals surface area contributed by atoms with E-state index in [4.69, 9.17) is 0 Å². The van der Waals surface area contributed by atoms with Crippen molar-refractivity contribution in [3.8, 4) is 0 Å². The predicted molar refractivity (Wildman–Crippen MR) is 83.1 cm³/mol. The standard InChI is InChI=1S/C15H19FN2O2S/c1-9-10(2)21-7-6-18(9)15(20)12-4-5-13(16)14(8-12)17-11(3)19/h4-5,8-10H,6-7H2,1-3H3,(H,17,19)/t9-,10+/m0/s1. The van der Waals surface area contributed by atoms with E-state index in [2.05, 4.69) is 12.2 Å². The molecule has 1 saturated heterocycles. The minimum atomic E-state index is -0.544. The number of nitrogens with one attached hydrogen (secondary N) is 1. The summed E-state index contributed by atoms with van der Waals surface area (Å²) in [5, 5.41) is 2.78. The van der Waals surface area contributed by atoms with E-state index in [0.29, 0.717) is 17.4 Å². The van der Waals surface area contributed by atoms with Crippen LogP contribution in [0.25, 0.3) is 0 Å². The number of thioether (sulfide) groups is 1. The van der Waals surface area contributed by atoms with Gasteiger partial charge in [-0.3, -0.25) is 9.59 Å². The van der Waals surface area contributed by atoms with Crippen LogP contribution in [-0.4, -0.2) is 40.3 Å². The fourth-order valence-corrected chi connectivity index (χ4v) is 3.43. The van der Waals surface area contributed by atoms with Gasteiger partial charge in [0, 0.05) is 36.1 Å². The molecule has 1 aromatic rings. The van der Waals surface area contributed by atoms with Gasteiger partial charge in [0.15, 0.2) is 0 Å². The van der Waals surface area contributed by atoms with E-state index in [1.165, 1.54) is 25.1 Å². The van der Waals surface area contributed by atoms with E-state index < -0.39 is 5.82 Å². The molecule has 1 aliphatic rings. The fourth-order valence-electron chi connectivity index (χ4n) is 2.33. The molecule has 114 valence electrons. The summed E-state index contributed by atoms with van der Waals surface area (Å²) < 4.78 is 13.6. The van der Waals surface area contributed by atoms with Crippen molar-refractivity contribution in [2.75, 3.05) is 17.6 Å². The van der Waals surface area contributed by atoms with Gasteiger partial charge in [0.1, 0.15) is 5.82 Å². The Labute approximate surface area is 128 Å². The number of anilines is 1. The SMILES string of the molecule is CC(=O)Nc1cc(C(=O)N2CCS[C@H](C)[C@@H]2C)ccc1F. The van der Waals surface area contributed by atoms with Crippen LogP contribution in [0.5, 0.6) is 0 Å². The lowest BCUT2D eigenvalue weighted by Gasteiger charge is -2.37. The summed E-state index contributed by atoms with van der Waals surface area (Å²) in [4.78, 5) is 25.5. The third-order valence-electron chi connectivity index (χ3n) is 3.67. The third-order valence-corrected chi connectivity index (χ3v) is 5.01. The molecule has 21 heavy (non-hydrogen) atoms. The Hall–Kier alpha value is -1.56. The lowest BCUT2D eigenvalue weighted by atomic mass is 10.1. The minimum absolute atomic E-state index is 0.0421. The maximum absolute atomic E-state index is 13.6. The Bertz CT molecular complexity index is 565. The van der Waals surface area contributed by atoms with Crippen LogP contribution in [-0.2, 0) is 4.79 Å². The summed E-state index contributed by atoms with van der Waals surface area (Å²) in [5.41, 5.74) is 0.437. The van der Waals surface area contributed by atoms with Crippen LogP contribution in [0.15, 0.2) is 18.2 Å². The Balaban J connectivity index is 2.24. The lowest BCUT2D eigenvalue weighted by Crippen LogP contribution is -2.47. The van der Waals surface area contributed by atoms with Gasteiger partial charge in [-0.05, 0) is 25.1 Å². The first-order valence-electron chi connectivity index (χ1n) is 6.90. The maximum Gasteiger partial charge on any atom is 0.254 e. The molecule has 6 heteroatoms. The molecule has 2 amide bonds. The smallest absolute Gasteiger partial charge is 0.254 e. The van der Waals surface area contributed by atoms with Gasteiger partial charge in [0.05, 0.1) is 5.69 Å². The molecule has 0 unspecified atom stereocenters. The van der Waals surface area contributed by atoms with Crippen LogP contribution in [0.3, 0.4) is 0 Å². The number of rotatable bonds is 2. The average Bonchev–Trinajstić information content (AvgIpc) is 2.43. The summed E-state index contributed by atoms with van der Waals surface area (Å²) in [6, 6.07) is 4.21. The van der Waals surface area contributed by atoms with Crippen molar-refractivity contribution in [1.29, 1.82) is 0 Å². The normalized spacial score (nSPS) is 22.0. The Morgan fingerprint density at radius 1 is 1.38 bits per heavy atom. The summed E-state index contributed by atoms with van der Waals surface area (Å²) in [5.74, 6) is -0.134. The Morgan fingerprint density at radius 3 is 2.76 bits per heavy atom. The quantitative estimate of drug-likeness (QED) is 0.914. The molecule has 0 bridgehead atoms. The number of amides is 2. The summed E-state index contributed by atoms with van der Waals surface area (Å²) in [6.45, 7) is 6.11. The molecular weight excluding hydrogens is 291 g/mol. The Morgan fingerprint density at radius 2 is 2.10 bits per heavy atom. The molecule has 1 aliphatic heterocycles. The number of hydrogen-bond donors (Lipinski definition) is 1. The minimum Gasteiger partial charge on any atom is -0.334 e. The molecule has 0 radical (unpaired) electrons. The van der Waals surface area contributed by atoms with E-state index in [-0.39, 0.29) is 23.5 Å². The average molecular weight is 310 g/mol. The highest BCUT2D eigenvalue weighted by atomic mass is 32.2. The molecule has 0 spiro atoms. The zero-order chi connectivity index (χ0) is 15.6. The van der Waals surface area contributed by atoms with Crippen LogP contribution in [0, 0.1) is 5.82 Å². The number of carbonyl (C=O) groups excluding carboxylic acids is 2. The Kier molecular flexibility index (Phi) is 4.88. The van der Waals surface area contributed by atoms with Gasteiger partial charge in [-0.15, -0.1) is 0 Å². The second-order valence-electron chi connectivity index (χ2n) is 5.19. The van der Waals surface area contributed by atoms with Crippen LogP contribution in [0.1, 0.15) is 31.1 Å². The van der Waals surface area contributed by atoms with Gasteiger partial charge in [0.2, 0.25) is 5.91 Å². The van der Waals surface area contributed by atoms with Crippen LogP contribution < -0.4 is 5.32 Å². The molecule has 4 nitrogen and oxygen atoms in total. The van der Waals surface area contributed by atoms with Crippen LogP contribution in [0.2, 0.25) is 0 Å². The van der Waals surface area contributed by atoms with Crippen molar-refractivity contribution >= 4 is 29.3 Å². The first-order valence-corrected chi connectivity index (χ1v) is 7.94. The number of benzene rings is 1. The number of nitrogens with zero attached hydrogens (tertiary/aromatic N) is 1. The number of halogens is 1. The maximum atomic E-state index is 13.6. The molecule has 0 aromatic heterocycles. The van der Waals surface area contributed by atoms with E-state index in [0.717, 1.165) is 5.75 Å². The second kappa shape index (κ2) is 6.47. The number of carbonyl (C=O) groups is 2. The van der Waals surface area contributed by atoms with Crippen molar-refractivity contribution in [3.63, 3.8) is 0 Å². The highest BCUT2D eigenvalue weighted by molar-refractivity contribution is 8.00. The third kappa shape index (κ3) is 3.56.